The zero-order chi connectivity index (χ0) is 14.5. The Kier molecular flexibility index (Phi) is 5.15. The summed E-state index contributed by atoms with van der Waals surface area (Å²) in [7, 11) is 0. The Bertz CT molecular complexity index is 586. The van der Waals surface area contributed by atoms with Crippen LogP contribution in [0, 0.1) is 11.6 Å². The average molecular weight is 293 g/mol. The number of halogens is 2. The molecule has 0 aliphatic heterocycles. The lowest BCUT2D eigenvalue weighted by atomic mass is 9.98. The maximum atomic E-state index is 14.1. The molecule has 0 heterocycles. The van der Waals surface area contributed by atoms with Crippen LogP contribution in [0.1, 0.15) is 24.1 Å². The Morgan fingerprint density at radius 2 is 1.85 bits per heavy atom. The van der Waals surface area contributed by atoms with Crippen LogP contribution in [0.25, 0.3) is 0 Å². The Balaban J connectivity index is 2.53. The number of hydrogen-bond donors (Lipinski definition) is 1. The maximum absolute atomic E-state index is 14.1. The lowest BCUT2D eigenvalue weighted by Gasteiger charge is -2.22. The first kappa shape index (κ1) is 15.0. The van der Waals surface area contributed by atoms with Crippen molar-refractivity contribution in [2.24, 2.45) is 0 Å². The Hall–Kier alpha value is -1.39. The summed E-state index contributed by atoms with van der Waals surface area (Å²) < 4.78 is 27.5. The zero-order valence-corrected chi connectivity index (χ0v) is 12.3. The normalized spacial score (nSPS) is 12.4. The topological polar surface area (TPSA) is 12.0 Å². The van der Waals surface area contributed by atoms with Crippen molar-refractivity contribution in [1.29, 1.82) is 0 Å². The van der Waals surface area contributed by atoms with Crippen LogP contribution in [-0.4, -0.2) is 12.8 Å². The molecule has 0 aliphatic carbocycles. The van der Waals surface area contributed by atoms with Crippen molar-refractivity contribution in [3.8, 4) is 0 Å². The quantitative estimate of drug-likeness (QED) is 0.821. The summed E-state index contributed by atoms with van der Waals surface area (Å²) in [6.07, 6.45) is 1.98. The zero-order valence-electron chi connectivity index (χ0n) is 11.5. The predicted molar refractivity (Wildman–Crippen MR) is 80.1 cm³/mol. The van der Waals surface area contributed by atoms with Crippen LogP contribution >= 0.6 is 11.8 Å². The Morgan fingerprint density at radius 3 is 2.55 bits per heavy atom. The monoisotopic (exact) mass is 293 g/mol. The smallest absolute Gasteiger partial charge is 0.128 e. The summed E-state index contributed by atoms with van der Waals surface area (Å²) >= 11 is 1.60. The lowest BCUT2D eigenvalue weighted by Crippen LogP contribution is -2.23. The molecule has 1 atom stereocenters. The fourth-order valence-corrected chi connectivity index (χ4v) is 2.87. The van der Waals surface area contributed by atoms with E-state index in [1.807, 2.05) is 37.4 Å². The molecule has 0 aromatic heterocycles. The van der Waals surface area contributed by atoms with Crippen LogP contribution in [0.4, 0.5) is 8.78 Å². The molecule has 0 spiro atoms. The van der Waals surface area contributed by atoms with E-state index in [4.69, 9.17) is 0 Å². The molecule has 0 saturated carbocycles. The Morgan fingerprint density at radius 1 is 1.10 bits per heavy atom. The highest BCUT2D eigenvalue weighted by molar-refractivity contribution is 7.98. The highest BCUT2D eigenvalue weighted by Crippen LogP contribution is 2.31. The van der Waals surface area contributed by atoms with Gasteiger partial charge in [-0.1, -0.05) is 25.1 Å². The van der Waals surface area contributed by atoms with Crippen molar-refractivity contribution in [3.05, 3.63) is 65.2 Å². The molecule has 0 fully saturated rings. The van der Waals surface area contributed by atoms with E-state index in [1.165, 1.54) is 12.1 Å². The van der Waals surface area contributed by atoms with E-state index in [0.29, 0.717) is 12.1 Å². The molecule has 0 aliphatic rings. The Labute approximate surface area is 122 Å². The molecule has 106 valence electrons. The van der Waals surface area contributed by atoms with Gasteiger partial charge in [0.2, 0.25) is 0 Å². The van der Waals surface area contributed by atoms with E-state index in [1.54, 1.807) is 11.8 Å². The number of nitrogens with one attached hydrogen (secondary N) is 1. The number of benzene rings is 2. The minimum atomic E-state index is -0.425. The lowest BCUT2D eigenvalue weighted by molar-refractivity contribution is 0.541. The highest BCUT2D eigenvalue weighted by Gasteiger charge is 2.20. The van der Waals surface area contributed by atoms with E-state index in [2.05, 4.69) is 5.32 Å². The first-order valence-electron chi connectivity index (χ1n) is 6.48. The van der Waals surface area contributed by atoms with E-state index in [-0.39, 0.29) is 6.04 Å². The first-order chi connectivity index (χ1) is 9.67. The van der Waals surface area contributed by atoms with Gasteiger partial charge in [0.15, 0.2) is 0 Å². The number of hydrogen-bond acceptors (Lipinski definition) is 2. The van der Waals surface area contributed by atoms with Crippen molar-refractivity contribution < 1.29 is 8.78 Å². The van der Waals surface area contributed by atoms with Crippen LogP contribution in [0.2, 0.25) is 0 Å². The van der Waals surface area contributed by atoms with E-state index in [0.717, 1.165) is 16.5 Å². The van der Waals surface area contributed by atoms with E-state index >= 15 is 0 Å². The fraction of sp³-hybridized carbons (Fsp3) is 0.250. The van der Waals surface area contributed by atoms with Gasteiger partial charge in [0.1, 0.15) is 11.6 Å². The summed E-state index contributed by atoms with van der Waals surface area (Å²) in [5, 5.41) is 3.24. The molecular formula is C16H17F2NS. The van der Waals surface area contributed by atoms with Gasteiger partial charge in [-0.15, -0.1) is 11.8 Å². The van der Waals surface area contributed by atoms with Crippen LogP contribution in [0.5, 0.6) is 0 Å². The highest BCUT2D eigenvalue weighted by atomic mass is 32.2. The molecule has 1 unspecified atom stereocenters. The van der Waals surface area contributed by atoms with Gasteiger partial charge in [0, 0.05) is 10.5 Å². The SMILES string of the molecule is CCNC(c1cc(F)ccc1F)c1ccccc1SC. The van der Waals surface area contributed by atoms with Crippen molar-refractivity contribution in [2.75, 3.05) is 12.8 Å². The fourth-order valence-electron chi connectivity index (χ4n) is 2.23. The third kappa shape index (κ3) is 3.19. The molecule has 2 aromatic rings. The van der Waals surface area contributed by atoms with Crippen LogP contribution in [0.15, 0.2) is 47.4 Å². The minimum absolute atomic E-state index is 0.341. The minimum Gasteiger partial charge on any atom is -0.306 e. The van der Waals surface area contributed by atoms with Gasteiger partial charge in [0.05, 0.1) is 6.04 Å². The van der Waals surface area contributed by atoms with Gasteiger partial charge in [0.25, 0.3) is 0 Å². The van der Waals surface area contributed by atoms with Gasteiger partial charge in [-0.3, -0.25) is 0 Å². The molecular weight excluding hydrogens is 276 g/mol. The molecule has 0 amide bonds. The molecule has 2 aromatic carbocycles. The van der Waals surface area contributed by atoms with Crippen molar-refractivity contribution in [1.82, 2.24) is 5.32 Å². The summed E-state index contributed by atoms with van der Waals surface area (Å²) in [4.78, 5) is 1.06. The summed E-state index contributed by atoms with van der Waals surface area (Å²) in [5.74, 6) is -0.820. The molecule has 0 radical (unpaired) electrons. The van der Waals surface area contributed by atoms with E-state index < -0.39 is 11.6 Å². The third-order valence-electron chi connectivity index (χ3n) is 3.13. The molecule has 4 heteroatoms. The first-order valence-corrected chi connectivity index (χ1v) is 7.71. The second-order valence-electron chi connectivity index (χ2n) is 4.40. The average Bonchev–Trinajstić information content (AvgIpc) is 2.47. The van der Waals surface area contributed by atoms with Crippen LogP contribution in [-0.2, 0) is 0 Å². The van der Waals surface area contributed by atoms with Crippen molar-refractivity contribution >= 4 is 11.8 Å². The largest absolute Gasteiger partial charge is 0.306 e. The predicted octanol–water partition coefficient (Wildman–Crippen LogP) is 4.39. The summed E-state index contributed by atoms with van der Waals surface area (Å²) in [5.41, 5.74) is 1.31. The second-order valence-corrected chi connectivity index (χ2v) is 5.25. The summed E-state index contributed by atoms with van der Waals surface area (Å²) in [6, 6.07) is 11.0. The van der Waals surface area contributed by atoms with Gasteiger partial charge in [-0.2, -0.15) is 0 Å². The molecule has 0 saturated heterocycles. The molecule has 1 N–H and O–H groups in total. The van der Waals surface area contributed by atoms with Crippen LogP contribution in [0.3, 0.4) is 0 Å². The van der Waals surface area contributed by atoms with Gasteiger partial charge >= 0.3 is 0 Å². The molecule has 20 heavy (non-hydrogen) atoms. The molecule has 0 bridgehead atoms. The van der Waals surface area contributed by atoms with Crippen molar-refractivity contribution in [2.45, 2.75) is 17.9 Å². The molecule has 2 rings (SSSR count). The van der Waals surface area contributed by atoms with Gasteiger partial charge in [-0.05, 0) is 42.6 Å². The van der Waals surface area contributed by atoms with Gasteiger partial charge in [-0.25, -0.2) is 8.78 Å². The van der Waals surface area contributed by atoms with E-state index in [9.17, 15) is 8.78 Å². The summed E-state index contributed by atoms with van der Waals surface area (Å²) in [6.45, 7) is 2.62. The van der Waals surface area contributed by atoms with Crippen LogP contribution < -0.4 is 5.32 Å². The number of thioether (sulfide) groups is 1. The van der Waals surface area contributed by atoms with Crippen molar-refractivity contribution in [3.63, 3.8) is 0 Å². The number of rotatable bonds is 5. The van der Waals surface area contributed by atoms with Gasteiger partial charge < -0.3 is 5.32 Å². The standard InChI is InChI=1S/C16H17F2NS/c1-3-19-16(12-6-4-5-7-15(12)20-2)13-10-11(17)8-9-14(13)18/h4-10,16,19H,3H2,1-2H3. The molecule has 1 nitrogen and oxygen atoms in total. The third-order valence-corrected chi connectivity index (χ3v) is 3.94. The second kappa shape index (κ2) is 6.86. The maximum Gasteiger partial charge on any atom is 0.128 e.